The van der Waals surface area contributed by atoms with Crippen molar-refractivity contribution in [1.29, 1.82) is 0 Å². The second-order valence-electron chi connectivity index (χ2n) is 10.8. The minimum Gasteiger partial charge on any atom is -0.309 e. The van der Waals surface area contributed by atoms with Crippen LogP contribution in [0.25, 0.3) is 82.9 Å². The molecule has 6 aromatic carbocycles. The third-order valence-electron chi connectivity index (χ3n) is 8.61. The van der Waals surface area contributed by atoms with E-state index in [2.05, 4.69) is 138 Å². The van der Waals surface area contributed by atoms with Gasteiger partial charge in [-0.2, -0.15) is 0 Å². The second-order valence-corrected chi connectivity index (χ2v) is 10.8. The molecule has 0 atom stereocenters. The number of nitrogens with zero attached hydrogens (tertiary/aromatic N) is 2. The van der Waals surface area contributed by atoms with Crippen molar-refractivity contribution in [3.63, 3.8) is 0 Å². The fourth-order valence-corrected chi connectivity index (χ4v) is 6.86. The summed E-state index contributed by atoms with van der Waals surface area (Å²) in [5, 5.41) is 3.68. The predicted molar refractivity (Wildman–Crippen MR) is 171 cm³/mol. The van der Waals surface area contributed by atoms with Gasteiger partial charge < -0.3 is 4.57 Å². The summed E-state index contributed by atoms with van der Waals surface area (Å²) in [5.41, 5.74) is 14.4. The molecule has 0 aliphatic heterocycles. The molecule has 0 radical (unpaired) electrons. The first-order chi connectivity index (χ1) is 20.4. The van der Waals surface area contributed by atoms with E-state index in [0.717, 1.165) is 16.6 Å². The van der Waals surface area contributed by atoms with Gasteiger partial charge in [-0.3, -0.25) is 4.98 Å². The van der Waals surface area contributed by atoms with E-state index in [1.165, 1.54) is 66.3 Å². The summed E-state index contributed by atoms with van der Waals surface area (Å²) in [6.45, 7) is 0. The molecular weight excluding hydrogens is 496 g/mol. The summed E-state index contributed by atoms with van der Waals surface area (Å²) in [5.74, 6) is 0. The molecule has 2 nitrogen and oxygen atoms in total. The van der Waals surface area contributed by atoms with E-state index in [4.69, 9.17) is 4.98 Å². The lowest BCUT2D eigenvalue weighted by Crippen LogP contribution is -2.00. The van der Waals surface area contributed by atoms with E-state index in [-0.39, 0.29) is 0 Å². The zero-order valence-corrected chi connectivity index (χ0v) is 22.3. The standard InChI is InChI=1S/C39H24N2/c1-2-12-28-27(11-1)29-13-3-4-16-33(29)38-34(21-19-25-10-9-23-40-39(25)38)35-24-26(20-22-30(28)35)41-36-17-7-5-14-31(36)32-15-6-8-18-37(32)41/h1-24H. The highest BCUT2D eigenvalue weighted by Gasteiger charge is 2.24. The molecule has 0 fully saturated rings. The van der Waals surface area contributed by atoms with Gasteiger partial charge >= 0.3 is 0 Å². The van der Waals surface area contributed by atoms with Gasteiger partial charge in [-0.15, -0.1) is 0 Å². The van der Waals surface area contributed by atoms with Crippen LogP contribution in [0.4, 0.5) is 0 Å². The van der Waals surface area contributed by atoms with Gasteiger partial charge in [-0.05, 0) is 69.3 Å². The number of benzene rings is 6. The number of aromatic nitrogens is 2. The Morgan fingerprint density at radius 1 is 0.415 bits per heavy atom. The van der Waals surface area contributed by atoms with E-state index in [1.54, 1.807) is 0 Å². The zero-order chi connectivity index (χ0) is 26.9. The van der Waals surface area contributed by atoms with Crippen LogP contribution in [0.3, 0.4) is 0 Å². The molecule has 0 N–H and O–H groups in total. The SMILES string of the molecule is c1ccc2c(c1)-c1ccc(-n3c4ccccc4c4ccccc43)cc1-c1ccc3cccnc3c1-c1ccccc1-2. The Morgan fingerprint density at radius 2 is 0.976 bits per heavy atom. The Morgan fingerprint density at radius 3 is 1.68 bits per heavy atom. The van der Waals surface area contributed by atoms with Gasteiger partial charge in [-0.25, -0.2) is 0 Å². The van der Waals surface area contributed by atoms with Crippen LogP contribution in [-0.4, -0.2) is 9.55 Å². The number of rotatable bonds is 1. The molecule has 0 saturated carbocycles. The Bertz CT molecular complexity index is 2270. The van der Waals surface area contributed by atoms with Crippen LogP contribution in [0.2, 0.25) is 0 Å². The summed E-state index contributed by atoms with van der Waals surface area (Å²) in [6, 6.07) is 50.7. The average molecular weight is 521 g/mol. The fraction of sp³-hybridized carbons (Fsp3) is 0. The van der Waals surface area contributed by atoms with Gasteiger partial charge in [0.05, 0.1) is 16.6 Å². The van der Waals surface area contributed by atoms with Gasteiger partial charge in [0.1, 0.15) is 0 Å². The van der Waals surface area contributed by atoms with Crippen molar-refractivity contribution < 1.29 is 0 Å². The van der Waals surface area contributed by atoms with Gasteiger partial charge in [0, 0.05) is 33.6 Å². The van der Waals surface area contributed by atoms with Crippen LogP contribution in [0.15, 0.2) is 146 Å². The molecule has 0 saturated heterocycles. The van der Waals surface area contributed by atoms with Crippen LogP contribution in [0, 0.1) is 0 Å². The summed E-state index contributed by atoms with van der Waals surface area (Å²) in [4.78, 5) is 4.94. The van der Waals surface area contributed by atoms with Gasteiger partial charge in [0.2, 0.25) is 0 Å². The van der Waals surface area contributed by atoms with Crippen LogP contribution >= 0.6 is 0 Å². The number of para-hydroxylation sites is 2. The molecule has 2 aromatic heterocycles. The summed E-state index contributed by atoms with van der Waals surface area (Å²) in [7, 11) is 0. The normalized spacial score (nSPS) is 11.9. The Labute approximate surface area is 237 Å². The number of hydrogen-bond donors (Lipinski definition) is 0. The molecule has 2 heterocycles. The van der Waals surface area contributed by atoms with Crippen molar-refractivity contribution in [2.75, 3.05) is 0 Å². The number of hydrogen-bond acceptors (Lipinski definition) is 1. The van der Waals surface area contributed by atoms with E-state index < -0.39 is 0 Å². The highest BCUT2D eigenvalue weighted by atomic mass is 15.0. The molecule has 0 amide bonds. The molecule has 9 rings (SSSR count). The molecule has 0 bridgehead atoms. The minimum absolute atomic E-state index is 1.03. The molecule has 1 aliphatic rings. The maximum absolute atomic E-state index is 4.94. The molecule has 8 aromatic rings. The molecule has 0 unspecified atom stereocenters. The third-order valence-corrected chi connectivity index (χ3v) is 8.61. The average Bonchev–Trinajstić information content (AvgIpc) is 3.38. The van der Waals surface area contributed by atoms with Crippen LogP contribution in [0.1, 0.15) is 0 Å². The molecular formula is C39H24N2. The quantitative estimate of drug-likeness (QED) is 0.210. The van der Waals surface area contributed by atoms with E-state index in [9.17, 15) is 0 Å². The Hall–Kier alpha value is -5.47. The topological polar surface area (TPSA) is 17.8 Å². The minimum atomic E-state index is 1.03. The van der Waals surface area contributed by atoms with E-state index in [0.29, 0.717) is 0 Å². The second kappa shape index (κ2) is 8.51. The Balaban J connectivity index is 1.44. The summed E-state index contributed by atoms with van der Waals surface area (Å²) in [6.07, 6.45) is 1.91. The number of fused-ring (bicyclic) bond motifs is 13. The first-order valence-corrected chi connectivity index (χ1v) is 14.1. The Kier molecular flexibility index (Phi) is 4.64. The molecule has 41 heavy (non-hydrogen) atoms. The lowest BCUT2D eigenvalue weighted by molar-refractivity contribution is 1.18. The van der Waals surface area contributed by atoms with Gasteiger partial charge in [0.15, 0.2) is 0 Å². The van der Waals surface area contributed by atoms with Crippen LogP contribution in [0.5, 0.6) is 0 Å². The molecule has 2 heteroatoms. The summed E-state index contributed by atoms with van der Waals surface area (Å²) >= 11 is 0. The van der Waals surface area contributed by atoms with Crippen molar-refractivity contribution >= 4 is 32.7 Å². The predicted octanol–water partition coefficient (Wildman–Crippen LogP) is 10.3. The van der Waals surface area contributed by atoms with Crippen molar-refractivity contribution in [3.05, 3.63) is 146 Å². The molecule has 190 valence electrons. The zero-order valence-electron chi connectivity index (χ0n) is 22.3. The highest BCUT2D eigenvalue weighted by molar-refractivity contribution is 6.12. The number of pyridine rings is 1. The smallest absolute Gasteiger partial charge is 0.0786 e. The van der Waals surface area contributed by atoms with Crippen LogP contribution in [-0.2, 0) is 0 Å². The molecule has 0 spiro atoms. The monoisotopic (exact) mass is 520 g/mol. The first kappa shape index (κ1) is 22.4. The largest absolute Gasteiger partial charge is 0.309 e. The van der Waals surface area contributed by atoms with Crippen molar-refractivity contribution in [2.24, 2.45) is 0 Å². The van der Waals surface area contributed by atoms with E-state index in [1.807, 2.05) is 12.3 Å². The maximum Gasteiger partial charge on any atom is 0.0786 e. The maximum atomic E-state index is 4.94. The summed E-state index contributed by atoms with van der Waals surface area (Å²) < 4.78 is 2.41. The first-order valence-electron chi connectivity index (χ1n) is 14.1. The van der Waals surface area contributed by atoms with Gasteiger partial charge in [-0.1, -0.05) is 109 Å². The van der Waals surface area contributed by atoms with Gasteiger partial charge in [0.25, 0.3) is 0 Å². The van der Waals surface area contributed by atoms with Crippen LogP contribution < -0.4 is 0 Å². The van der Waals surface area contributed by atoms with E-state index >= 15 is 0 Å². The molecule has 1 aliphatic carbocycles. The lowest BCUT2D eigenvalue weighted by atomic mass is 9.80. The van der Waals surface area contributed by atoms with Crippen molar-refractivity contribution in [1.82, 2.24) is 9.55 Å². The lowest BCUT2D eigenvalue weighted by Gasteiger charge is -2.24. The van der Waals surface area contributed by atoms with Crippen molar-refractivity contribution in [2.45, 2.75) is 0 Å². The fourth-order valence-electron chi connectivity index (χ4n) is 6.86. The third kappa shape index (κ3) is 3.16. The van der Waals surface area contributed by atoms with Crippen molar-refractivity contribution in [3.8, 4) is 50.2 Å². The highest BCUT2D eigenvalue weighted by Crippen LogP contribution is 2.50.